The molecule has 0 fully saturated rings. The Bertz CT molecular complexity index is 1720. The van der Waals surface area contributed by atoms with Gasteiger partial charge in [-0.15, -0.1) is 4.40 Å². The van der Waals surface area contributed by atoms with Crippen molar-refractivity contribution in [2.75, 3.05) is 4.90 Å². The predicted molar refractivity (Wildman–Crippen MR) is 145 cm³/mol. The van der Waals surface area contributed by atoms with Gasteiger partial charge in [0.2, 0.25) is 5.91 Å². The molecule has 3 N–H and O–H groups in total. The fraction of sp³-hybridized carbons (Fsp3) is 0.107. The Morgan fingerprint density at radius 2 is 1.73 bits per heavy atom. The fourth-order valence-electron chi connectivity index (χ4n) is 3.74. The summed E-state index contributed by atoms with van der Waals surface area (Å²) in [5.74, 6) is -1.78. The van der Waals surface area contributed by atoms with E-state index in [0.29, 0.717) is 0 Å². The number of anilines is 1. The third-order valence-corrected chi connectivity index (χ3v) is 7.00. The SMILES string of the molecule is Cc1ccc(S(=O)(=O)N=c2ccc(Oc3ccc(N(Cc4ccccc4)C(=O)O)cc3F)cn2CC(N)=O)cc1. The second kappa shape index (κ2) is 11.8. The molecule has 2 amide bonds. The van der Waals surface area contributed by atoms with Crippen molar-refractivity contribution in [2.24, 2.45) is 10.1 Å². The van der Waals surface area contributed by atoms with E-state index in [9.17, 15) is 23.1 Å². The van der Waals surface area contributed by atoms with Gasteiger partial charge in [-0.1, -0.05) is 48.0 Å². The number of primary amides is 1. The summed E-state index contributed by atoms with van der Waals surface area (Å²) in [4.78, 5) is 24.5. The van der Waals surface area contributed by atoms with Gasteiger partial charge in [0.05, 0.1) is 17.1 Å². The van der Waals surface area contributed by atoms with Crippen LogP contribution in [-0.4, -0.2) is 30.1 Å². The van der Waals surface area contributed by atoms with Gasteiger partial charge in [-0.2, -0.15) is 8.42 Å². The number of hydrogen-bond acceptors (Lipinski definition) is 5. The molecule has 0 aliphatic rings. The number of carbonyl (C=O) groups excluding carboxylic acids is 1. The molecule has 0 saturated heterocycles. The maximum absolute atomic E-state index is 15.0. The van der Waals surface area contributed by atoms with Gasteiger partial charge in [-0.05, 0) is 48.9 Å². The highest BCUT2D eigenvalue weighted by Crippen LogP contribution is 2.29. The first-order valence-corrected chi connectivity index (χ1v) is 13.3. The number of halogens is 1. The van der Waals surface area contributed by atoms with Crippen molar-refractivity contribution in [1.82, 2.24) is 4.57 Å². The molecule has 1 heterocycles. The zero-order valence-electron chi connectivity index (χ0n) is 21.3. The Balaban J connectivity index is 1.63. The minimum Gasteiger partial charge on any atom is -0.465 e. The number of hydrogen-bond donors (Lipinski definition) is 2. The topological polar surface area (TPSA) is 144 Å². The number of aromatic nitrogens is 1. The number of sulfonamides is 1. The summed E-state index contributed by atoms with van der Waals surface area (Å²) in [6.07, 6.45) is 0.00458. The average Bonchev–Trinajstić information content (AvgIpc) is 2.90. The van der Waals surface area contributed by atoms with Crippen LogP contribution in [-0.2, 0) is 27.9 Å². The van der Waals surface area contributed by atoms with Crippen LogP contribution in [0.1, 0.15) is 11.1 Å². The van der Waals surface area contributed by atoms with Crippen LogP contribution in [0, 0.1) is 12.7 Å². The minimum atomic E-state index is -4.11. The molecular weight excluding hydrogens is 539 g/mol. The molecule has 0 radical (unpaired) electrons. The second-order valence-electron chi connectivity index (χ2n) is 8.77. The van der Waals surface area contributed by atoms with Crippen molar-refractivity contribution in [3.05, 3.63) is 114 Å². The molecule has 3 aromatic carbocycles. The molecule has 206 valence electrons. The Morgan fingerprint density at radius 3 is 2.35 bits per heavy atom. The van der Waals surface area contributed by atoms with Crippen LogP contribution in [0.2, 0.25) is 0 Å². The molecule has 4 aromatic rings. The Labute approximate surface area is 229 Å². The number of carboxylic acid groups (broad SMARTS) is 1. The zero-order valence-corrected chi connectivity index (χ0v) is 22.1. The lowest BCUT2D eigenvalue weighted by Crippen LogP contribution is -2.29. The van der Waals surface area contributed by atoms with Crippen molar-refractivity contribution < 1.29 is 32.2 Å². The van der Waals surface area contributed by atoms with Gasteiger partial charge in [-0.25, -0.2) is 9.18 Å². The lowest BCUT2D eigenvalue weighted by atomic mass is 10.2. The van der Waals surface area contributed by atoms with Gasteiger partial charge in [0.25, 0.3) is 10.0 Å². The maximum atomic E-state index is 15.0. The smallest absolute Gasteiger partial charge is 0.412 e. The molecule has 0 spiro atoms. The highest BCUT2D eigenvalue weighted by atomic mass is 32.2. The fourth-order valence-corrected chi connectivity index (χ4v) is 4.74. The first-order chi connectivity index (χ1) is 19.0. The molecule has 0 saturated carbocycles. The van der Waals surface area contributed by atoms with E-state index < -0.39 is 34.4 Å². The molecule has 40 heavy (non-hydrogen) atoms. The molecule has 0 aliphatic carbocycles. The van der Waals surface area contributed by atoms with Crippen LogP contribution >= 0.6 is 0 Å². The van der Waals surface area contributed by atoms with Gasteiger partial charge < -0.3 is 20.1 Å². The van der Waals surface area contributed by atoms with E-state index in [4.69, 9.17) is 10.5 Å². The van der Waals surface area contributed by atoms with E-state index in [-0.39, 0.29) is 34.1 Å². The van der Waals surface area contributed by atoms with Crippen molar-refractivity contribution in [3.63, 3.8) is 0 Å². The monoisotopic (exact) mass is 564 g/mol. The van der Waals surface area contributed by atoms with E-state index in [1.165, 1.54) is 47.2 Å². The number of nitrogens with zero attached hydrogens (tertiary/aromatic N) is 3. The molecule has 12 heteroatoms. The minimum absolute atomic E-state index is 0.0133. The van der Waals surface area contributed by atoms with E-state index in [1.807, 2.05) is 6.92 Å². The predicted octanol–water partition coefficient (Wildman–Crippen LogP) is 4.19. The van der Waals surface area contributed by atoms with Crippen LogP contribution in [0.4, 0.5) is 14.9 Å². The van der Waals surface area contributed by atoms with Crippen molar-refractivity contribution in [1.29, 1.82) is 0 Å². The van der Waals surface area contributed by atoms with E-state index >= 15 is 4.39 Å². The number of rotatable bonds is 9. The summed E-state index contributed by atoms with van der Waals surface area (Å²) in [5.41, 5.74) is 6.93. The number of carbonyl (C=O) groups is 2. The third-order valence-electron chi connectivity index (χ3n) is 5.70. The van der Waals surface area contributed by atoms with Gasteiger partial charge in [-0.3, -0.25) is 9.69 Å². The molecule has 0 unspecified atom stereocenters. The molecule has 0 atom stereocenters. The van der Waals surface area contributed by atoms with Crippen LogP contribution < -0.4 is 20.9 Å². The van der Waals surface area contributed by atoms with Crippen molar-refractivity contribution in [3.8, 4) is 11.5 Å². The summed E-state index contributed by atoms with van der Waals surface area (Å²) in [5, 5.41) is 9.66. The Hall–Kier alpha value is -4.97. The number of pyridine rings is 1. The first kappa shape index (κ1) is 28.0. The maximum Gasteiger partial charge on any atom is 0.412 e. The summed E-state index contributed by atoms with van der Waals surface area (Å²) in [6, 6.07) is 21.3. The average molecular weight is 565 g/mol. The standard InChI is InChI=1S/C28H25FN4O6S/c1-19-7-11-23(12-8-19)40(37,38)31-27-14-10-22(17-32(27)18-26(30)34)39-25-13-9-21(15-24(25)29)33(28(35)36)16-20-5-3-2-4-6-20/h2-15,17H,16,18H2,1H3,(H2,30,34)(H,35,36). The van der Waals surface area contributed by atoms with Crippen molar-refractivity contribution in [2.45, 2.75) is 24.9 Å². The van der Waals surface area contributed by atoms with Crippen LogP contribution in [0.3, 0.4) is 0 Å². The summed E-state index contributed by atoms with van der Waals surface area (Å²) in [7, 11) is -4.11. The number of amides is 2. The van der Waals surface area contributed by atoms with Gasteiger partial charge >= 0.3 is 6.09 Å². The van der Waals surface area contributed by atoms with Gasteiger partial charge in [0, 0.05) is 12.3 Å². The zero-order chi connectivity index (χ0) is 28.9. The van der Waals surface area contributed by atoms with Crippen molar-refractivity contribution >= 4 is 27.7 Å². The molecule has 4 rings (SSSR count). The molecule has 10 nitrogen and oxygen atoms in total. The summed E-state index contributed by atoms with van der Waals surface area (Å²) in [6.45, 7) is 1.41. The van der Waals surface area contributed by atoms with Crippen LogP contribution in [0.25, 0.3) is 0 Å². The summed E-state index contributed by atoms with van der Waals surface area (Å²) >= 11 is 0. The summed E-state index contributed by atoms with van der Waals surface area (Å²) < 4.78 is 51.2. The number of ether oxygens (including phenoxy) is 1. The van der Waals surface area contributed by atoms with E-state index in [1.54, 1.807) is 42.5 Å². The van der Waals surface area contributed by atoms with Crippen LogP contribution in [0.5, 0.6) is 11.5 Å². The van der Waals surface area contributed by atoms with Crippen LogP contribution in [0.15, 0.2) is 100 Å². The number of aryl methyl sites for hydroxylation is 1. The highest BCUT2D eigenvalue weighted by Gasteiger charge is 2.18. The first-order valence-electron chi connectivity index (χ1n) is 11.9. The quantitative estimate of drug-likeness (QED) is 0.312. The molecule has 1 aromatic heterocycles. The number of nitrogens with two attached hydrogens (primary N) is 1. The molecule has 0 aliphatic heterocycles. The number of benzene rings is 3. The largest absolute Gasteiger partial charge is 0.465 e. The lowest BCUT2D eigenvalue weighted by molar-refractivity contribution is -0.118. The molecule has 0 bridgehead atoms. The lowest BCUT2D eigenvalue weighted by Gasteiger charge is -2.20. The van der Waals surface area contributed by atoms with Gasteiger partial charge in [0.15, 0.2) is 11.6 Å². The second-order valence-corrected chi connectivity index (χ2v) is 10.4. The molecular formula is C28H25FN4O6S. The highest BCUT2D eigenvalue weighted by molar-refractivity contribution is 7.90. The van der Waals surface area contributed by atoms with E-state index in [0.717, 1.165) is 22.1 Å². The third kappa shape index (κ3) is 6.91. The van der Waals surface area contributed by atoms with Gasteiger partial charge in [0.1, 0.15) is 17.8 Å². The Morgan fingerprint density at radius 1 is 1.02 bits per heavy atom. The Kier molecular flexibility index (Phi) is 8.29. The van der Waals surface area contributed by atoms with E-state index in [2.05, 4.69) is 4.40 Å². The normalized spacial score (nSPS) is 11.7.